The van der Waals surface area contributed by atoms with Gasteiger partial charge >= 0.3 is 0 Å². The first kappa shape index (κ1) is 13.0. The van der Waals surface area contributed by atoms with Gasteiger partial charge in [-0.25, -0.2) is 8.78 Å². The molecule has 0 radical (unpaired) electrons. The molecule has 4 heteroatoms. The smallest absolute Gasteiger partial charge is 0.124 e. The van der Waals surface area contributed by atoms with Gasteiger partial charge in [0.25, 0.3) is 0 Å². The van der Waals surface area contributed by atoms with Crippen molar-refractivity contribution in [2.75, 3.05) is 0 Å². The Labute approximate surface area is 109 Å². The lowest BCUT2D eigenvalue weighted by Gasteiger charge is -2.12. The van der Waals surface area contributed by atoms with Gasteiger partial charge in [-0.3, -0.25) is 0 Å². The molecule has 0 aliphatic carbocycles. The van der Waals surface area contributed by atoms with Gasteiger partial charge in [0.05, 0.1) is 6.10 Å². The van der Waals surface area contributed by atoms with Crippen LogP contribution in [0.1, 0.15) is 17.2 Å². The van der Waals surface area contributed by atoms with E-state index in [0.717, 1.165) is 11.6 Å². The van der Waals surface area contributed by atoms with Crippen molar-refractivity contribution in [2.24, 2.45) is 0 Å². The number of benzene rings is 2. The van der Waals surface area contributed by atoms with Crippen molar-refractivity contribution in [3.8, 4) is 0 Å². The number of hydrogen-bond acceptors (Lipinski definition) is 1. The summed E-state index contributed by atoms with van der Waals surface area (Å²) in [5.74, 6) is -0.772. The highest BCUT2D eigenvalue weighted by Crippen LogP contribution is 2.26. The van der Waals surface area contributed by atoms with Gasteiger partial charge in [0.1, 0.15) is 11.6 Å². The van der Waals surface area contributed by atoms with Crippen molar-refractivity contribution in [3.63, 3.8) is 0 Å². The molecule has 0 saturated heterocycles. The lowest BCUT2D eigenvalue weighted by atomic mass is 10.0. The van der Waals surface area contributed by atoms with Crippen molar-refractivity contribution in [1.29, 1.82) is 0 Å². The first-order valence-electron chi connectivity index (χ1n) is 5.44. The molecule has 94 valence electrons. The molecule has 0 aromatic heterocycles. The summed E-state index contributed by atoms with van der Waals surface area (Å²) < 4.78 is 25.6. The lowest BCUT2D eigenvalue weighted by molar-refractivity contribution is 0.178. The summed E-state index contributed by atoms with van der Waals surface area (Å²) in [4.78, 5) is 0. The van der Waals surface area contributed by atoms with Crippen molar-refractivity contribution in [3.05, 3.63) is 70.2 Å². The molecule has 0 bridgehead atoms. The number of halogens is 3. The number of aliphatic hydroxyl groups excluding tert-OH is 1. The fraction of sp³-hybridized carbons (Fsp3) is 0.143. The topological polar surface area (TPSA) is 20.2 Å². The third-order valence-corrected chi connectivity index (χ3v) is 2.99. The van der Waals surface area contributed by atoms with E-state index in [2.05, 4.69) is 0 Å². The molecular weight excluding hydrogens is 258 g/mol. The number of aliphatic hydroxyl groups is 1. The standard InChI is InChI=1S/C14H11ClF2O/c15-13-8-11(17)5-6-12(13)14(18)7-9-1-3-10(16)4-2-9/h1-6,8,14,18H,7H2. The van der Waals surface area contributed by atoms with Crippen LogP contribution in [0.2, 0.25) is 5.02 Å². The molecule has 18 heavy (non-hydrogen) atoms. The number of rotatable bonds is 3. The number of hydrogen-bond donors (Lipinski definition) is 1. The van der Waals surface area contributed by atoms with E-state index in [9.17, 15) is 13.9 Å². The molecule has 2 aromatic carbocycles. The van der Waals surface area contributed by atoms with E-state index in [1.165, 1.54) is 24.3 Å². The maximum Gasteiger partial charge on any atom is 0.124 e. The van der Waals surface area contributed by atoms with Crippen LogP contribution >= 0.6 is 11.6 Å². The van der Waals surface area contributed by atoms with E-state index in [0.29, 0.717) is 12.0 Å². The van der Waals surface area contributed by atoms with Crippen LogP contribution in [-0.4, -0.2) is 5.11 Å². The average molecular weight is 269 g/mol. The summed E-state index contributed by atoms with van der Waals surface area (Å²) in [5.41, 5.74) is 1.24. The average Bonchev–Trinajstić information content (AvgIpc) is 2.32. The molecule has 0 heterocycles. The Morgan fingerprint density at radius 1 is 1.00 bits per heavy atom. The van der Waals surface area contributed by atoms with Crippen LogP contribution in [0.25, 0.3) is 0 Å². The van der Waals surface area contributed by atoms with Gasteiger partial charge in [0.15, 0.2) is 0 Å². The predicted molar refractivity (Wildman–Crippen MR) is 66.5 cm³/mol. The van der Waals surface area contributed by atoms with Crippen LogP contribution in [0.15, 0.2) is 42.5 Å². The molecule has 1 unspecified atom stereocenters. The Bertz CT molecular complexity index is 540. The molecule has 2 aromatic rings. The van der Waals surface area contributed by atoms with Crippen LogP contribution in [0.5, 0.6) is 0 Å². The van der Waals surface area contributed by atoms with Crippen LogP contribution in [-0.2, 0) is 6.42 Å². The zero-order valence-electron chi connectivity index (χ0n) is 9.41. The second kappa shape index (κ2) is 5.46. The van der Waals surface area contributed by atoms with E-state index in [4.69, 9.17) is 11.6 Å². The van der Waals surface area contributed by atoms with Gasteiger partial charge in [-0.15, -0.1) is 0 Å². The molecule has 0 amide bonds. The van der Waals surface area contributed by atoms with E-state index in [-0.39, 0.29) is 10.8 Å². The van der Waals surface area contributed by atoms with Crippen molar-refractivity contribution >= 4 is 11.6 Å². The quantitative estimate of drug-likeness (QED) is 0.895. The monoisotopic (exact) mass is 268 g/mol. The van der Waals surface area contributed by atoms with Crippen LogP contribution in [0.4, 0.5) is 8.78 Å². The molecule has 0 aliphatic rings. The van der Waals surface area contributed by atoms with Crippen molar-refractivity contribution in [2.45, 2.75) is 12.5 Å². The first-order valence-corrected chi connectivity index (χ1v) is 5.81. The van der Waals surface area contributed by atoms with Gasteiger partial charge in [-0.2, -0.15) is 0 Å². The minimum absolute atomic E-state index is 0.185. The summed E-state index contributed by atoms with van der Waals surface area (Å²) in [6.45, 7) is 0. The summed E-state index contributed by atoms with van der Waals surface area (Å²) in [6, 6.07) is 9.69. The maximum absolute atomic E-state index is 12.9. The molecule has 1 atom stereocenters. The molecule has 0 aliphatic heterocycles. The Hall–Kier alpha value is -1.45. The van der Waals surface area contributed by atoms with Crippen LogP contribution < -0.4 is 0 Å². The zero-order valence-corrected chi connectivity index (χ0v) is 10.2. The molecule has 0 fully saturated rings. The normalized spacial score (nSPS) is 12.4. The third-order valence-electron chi connectivity index (χ3n) is 2.66. The second-order valence-corrected chi connectivity index (χ2v) is 4.42. The molecule has 1 nitrogen and oxygen atoms in total. The fourth-order valence-electron chi connectivity index (χ4n) is 1.73. The van der Waals surface area contributed by atoms with Gasteiger partial charge < -0.3 is 5.11 Å². The highest BCUT2D eigenvalue weighted by Gasteiger charge is 2.13. The Morgan fingerprint density at radius 3 is 2.22 bits per heavy atom. The molecule has 0 saturated carbocycles. The largest absolute Gasteiger partial charge is 0.388 e. The summed E-state index contributed by atoms with van der Waals surface area (Å²) in [6.07, 6.45) is -0.547. The maximum atomic E-state index is 12.9. The van der Waals surface area contributed by atoms with Crippen LogP contribution in [0, 0.1) is 11.6 Å². The summed E-state index contributed by atoms with van der Waals surface area (Å²) >= 11 is 5.86. The highest BCUT2D eigenvalue weighted by atomic mass is 35.5. The van der Waals surface area contributed by atoms with Gasteiger partial charge in [-0.05, 0) is 35.4 Å². The Morgan fingerprint density at radius 2 is 1.61 bits per heavy atom. The van der Waals surface area contributed by atoms with Gasteiger partial charge in [0, 0.05) is 11.4 Å². The van der Waals surface area contributed by atoms with Crippen LogP contribution in [0.3, 0.4) is 0 Å². The second-order valence-electron chi connectivity index (χ2n) is 4.01. The Balaban J connectivity index is 2.16. The lowest BCUT2D eigenvalue weighted by Crippen LogP contribution is -2.03. The van der Waals surface area contributed by atoms with E-state index >= 15 is 0 Å². The third kappa shape index (κ3) is 3.06. The van der Waals surface area contributed by atoms with Crippen molar-refractivity contribution < 1.29 is 13.9 Å². The molecule has 0 spiro atoms. The minimum atomic E-state index is -0.844. The minimum Gasteiger partial charge on any atom is -0.388 e. The first-order chi connectivity index (χ1) is 8.56. The SMILES string of the molecule is OC(Cc1ccc(F)cc1)c1ccc(F)cc1Cl. The Kier molecular flexibility index (Phi) is 3.94. The van der Waals surface area contributed by atoms with E-state index in [1.54, 1.807) is 12.1 Å². The van der Waals surface area contributed by atoms with Gasteiger partial charge in [0.2, 0.25) is 0 Å². The highest BCUT2D eigenvalue weighted by molar-refractivity contribution is 6.31. The molecule has 2 rings (SSSR count). The van der Waals surface area contributed by atoms with Gasteiger partial charge in [-0.1, -0.05) is 29.8 Å². The summed E-state index contributed by atoms with van der Waals surface area (Å²) in [5, 5.41) is 10.2. The molecular formula is C14H11ClF2O. The zero-order chi connectivity index (χ0) is 13.1. The predicted octanol–water partition coefficient (Wildman–Crippen LogP) is 3.89. The van der Waals surface area contributed by atoms with Crippen molar-refractivity contribution in [1.82, 2.24) is 0 Å². The van der Waals surface area contributed by atoms with E-state index in [1.807, 2.05) is 0 Å². The summed E-state index contributed by atoms with van der Waals surface area (Å²) in [7, 11) is 0. The fourth-order valence-corrected chi connectivity index (χ4v) is 2.02. The van der Waals surface area contributed by atoms with E-state index < -0.39 is 11.9 Å². The molecule has 1 N–H and O–H groups in total.